The molecule has 144 heavy (non-hydrogen) atoms. The Morgan fingerprint density at radius 1 is 0.194 bits per heavy atom. The molecule has 3 aliphatic rings. The van der Waals surface area contributed by atoms with Crippen molar-refractivity contribution in [1.29, 1.82) is 0 Å². The summed E-state index contributed by atoms with van der Waals surface area (Å²) in [6.07, 6.45) is 0. The van der Waals surface area contributed by atoms with E-state index in [1.807, 2.05) is 36.4 Å². The summed E-state index contributed by atoms with van der Waals surface area (Å²) in [5, 5.41) is 7.16. The number of hydrogen-bond acceptors (Lipinski definition) is 3. The van der Waals surface area contributed by atoms with Gasteiger partial charge >= 0.3 is 0 Å². The Balaban J connectivity index is 0.000000113. The minimum Gasteiger partial charge on any atom is -0.310 e. The fraction of sp³-hybridized carbons (Fsp3) is 0.0662. The summed E-state index contributed by atoms with van der Waals surface area (Å²) in [4.78, 5) is 10.8. The lowest BCUT2D eigenvalue weighted by Gasteiger charge is -2.28. The number of anilines is 9. The predicted octanol–water partition coefficient (Wildman–Crippen LogP) is 37.4. The van der Waals surface area contributed by atoms with Crippen molar-refractivity contribution >= 4 is 122 Å². The van der Waals surface area contributed by atoms with Crippen LogP contribution in [0.1, 0.15) is 74.9 Å². The van der Waals surface area contributed by atoms with E-state index in [0.29, 0.717) is 5.69 Å². The highest BCUT2D eigenvalue weighted by molar-refractivity contribution is 6.14. The molecule has 3 aromatic heterocycles. The number of fused-ring (bicyclic) bond motifs is 18. The number of benzene rings is 21. The van der Waals surface area contributed by atoms with E-state index in [2.05, 4.69) is 524 Å². The van der Waals surface area contributed by atoms with Crippen molar-refractivity contribution in [2.24, 2.45) is 0 Å². The van der Waals surface area contributed by atoms with Crippen LogP contribution in [0.4, 0.5) is 61.3 Å². The third-order valence-corrected chi connectivity index (χ3v) is 30.2. The molecule has 0 spiro atoms. The summed E-state index contributed by atoms with van der Waals surface area (Å²) in [6.45, 7) is 21.5. The number of para-hydroxylation sites is 4. The molecule has 0 N–H and O–H groups in total. The monoisotopic (exact) mass is 1850 g/mol. The molecule has 8 heteroatoms. The zero-order chi connectivity index (χ0) is 97.1. The summed E-state index contributed by atoms with van der Waals surface area (Å²) in [5.74, 6) is -0.239. The second-order valence-electron chi connectivity index (χ2n) is 39.6. The Morgan fingerprint density at radius 3 is 0.819 bits per heavy atom. The van der Waals surface area contributed by atoms with Crippen LogP contribution in [0.5, 0.6) is 0 Å². The van der Waals surface area contributed by atoms with Gasteiger partial charge in [0.25, 0.3) is 0 Å². The molecule has 0 saturated carbocycles. The Morgan fingerprint density at radius 2 is 0.451 bits per heavy atom. The molecule has 27 rings (SSSR count). The first-order valence-electron chi connectivity index (χ1n) is 49.6. The van der Waals surface area contributed by atoms with Gasteiger partial charge in [-0.15, -0.1) is 0 Å². The third-order valence-electron chi connectivity index (χ3n) is 30.2. The molecule has 24 aromatic rings. The van der Waals surface area contributed by atoms with Gasteiger partial charge in [-0.25, -0.2) is 9.24 Å². The van der Waals surface area contributed by atoms with Gasteiger partial charge in [0.2, 0.25) is 0 Å². The van der Waals surface area contributed by atoms with Gasteiger partial charge in [-0.05, 0) is 294 Å². The van der Waals surface area contributed by atoms with Gasteiger partial charge in [0.05, 0.1) is 39.7 Å². The van der Waals surface area contributed by atoms with Gasteiger partial charge in [0.1, 0.15) is 5.82 Å². The van der Waals surface area contributed by atoms with E-state index in [1.54, 1.807) is 0 Å². The molecule has 0 unspecified atom stereocenters. The standard InChI is InChI=1S/C46H33N3.C45H33FN2.C45H34N2/c1-46(2)42-15-9-7-13-38(42)39-27-25-37(30-43(39)46)48(34-21-17-32(18-22-34)31-11-5-4-6-12-31)36-26-28-45-41(29-36)40-14-8-10-16-44(40)49(45)35-23-19-33(47-3)20-24-35;1-45(2)41-14-8-6-12-37(41)38-26-24-36(29-42(38)45)47(33-20-16-31(17-21-33)30-10-4-3-5-11-30)35-25-27-44-40(28-35)39-13-7-9-15-43(39)48(44)34-22-18-32(46)19-23-34;1-45(2)41-22-11-9-20-37(41)38-26-24-36(30-42(38)45)46(34-19-13-16-32(28-34)31-14-5-3-6-15-31)35-25-27-44-40(29-35)39-21-10-12-23-43(39)47(44)33-17-7-4-8-18-33/h4-30H,1-2H3;3-29H,1-2H3;3-30H,1-2H3. The number of hydrogen-bond donors (Lipinski definition) is 0. The van der Waals surface area contributed by atoms with Gasteiger partial charge in [0, 0.05) is 117 Å². The van der Waals surface area contributed by atoms with Crippen molar-refractivity contribution in [3.05, 3.63) is 548 Å². The van der Waals surface area contributed by atoms with Crippen LogP contribution in [0.25, 0.3) is 154 Å². The van der Waals surface area contributed by atoms with E-state index in [4.69, 9.17) is 6.57 Å². The van der Waals surface area contributed by atoms with Crippen LogP contribution in [0.3, 0.4) is 0 Å². The number of nitrogens with zero attached hydrogens (tertiary/aromatic N) is 7. The quantitative estimate of drug-likeness (QED) is 0.0958. The second-order valence-corrected chi connectivity index (χ2v) is 39.6. The molecule has 0 saturated heterocycles. The molecule has 21 aromatic carbocycles. The minimum absolute atomic E-state index is 0.0907. The molecular formula is C136H100FN7. The zero-order valence-electron chi connectivity index (χ0n) is 80.9. The average molecular weight is 1850 g/mol. The van der Waals surface area contributed by atoms with Crippen molar-refractivity contribution in [2.75, 3.05) is 14.7 Å². The molecule has 686 valence electrons. The lowest BCUT2D eigenvalue weighted by atomic mass is 9.82. The van der Waals surface area contributed by atoms with Crippen molar-refractivity contribution in [2.45, 2.75) is 57.8 Å². The summed E-state index contributed by atoms with van der Waals surface area (Å²) in [6, 6.07) is 177. The maximum Gasteiger partial charge on any atom is 0.187 e. The van der Waals surface area contributed by atoms with Crippen LogP contribution in [0.2, 0.25) is 0 Å². The molecule has 3 aliphatic carbocycles. The first kappa shape index (κ1) is 87.4. The summed E-state index contributed by atoms with van der Waals surface area (Å²) >= 11 is 0. The van der Waals surface area contributed by atoms with Crippen LogP contribution < -0.4 is 14.7 Å². The van der Waals surface area contributed by atoms with Crippen molar-refractivity contribution in [1.82, 2.24) is 13.7 Å². The van der Waals surface area contributed by atoms with E-state index < -0.39 is 0 Å². The molecule has 0 atom stereocenters. The highest BCUT2D eigenvalue weighted by Gasteiger charge is 2.40. The lowest BCUT2D eigenvalue weighted by Crippen LogP contribution is -2.16. The Hall–Kier alpha value is -18.2. The Labute approximate surface area is 838 Å². The minimum atomic E-state index is -0.239. The number of rotatable bonds is 15. The molecule has 7 nitrogen and oxygen atoms in total. The van der Waals surface area contributed by atoms with E-state index in [0.717, 1.165) is 95.4 Å². The lowest BCUT2D eigenvalue weighted by molar-refractivity contribution is 0.627. The number of aromatic nitrogens is 3. The van der Waals surface area contributed by atoms with E-state index in [1.165, 1.54) is 151 Å². The molecule has 0 aliphatic heterocycles. The van der Waals surface area contributed by atoms with Gasteiger partial charge in [-0.2, -0.15) is 0 Å². The van der Waals surface area contributed by atoms with Gasteiger partial charge in [0.15, 0.2) is 5.69 Å². The van der Waals surface area contributed by atoms with Crippen LogP contribution in [-0.2, 0) is 16.2 Å². The third kappa shape index (κ3) is 14.9. The predicted molar refractivity (Wildman–Crippen MR) is 602 cm³/mol. The van der Waals surface area contributed by atoms with E-state index >= 15 is 0 Å². The molecule has 0 bridgehead atoms. The van der Waals surface area contributed by atoms with Gasteiger partial charge < -0.3 is 28.4 Å². The van der Waals surface area contributed by atoms with E-state index in [-0.39, 0.29) is 22.1 Å². The highest BCUT2D eigenvalue weighted by atomic mass is 19.1. The molecule has 0 radical (unpaired) electrons. The molecule has 0 amide bonds. The highest BCUT2D eigenvalue weighted by Crippen LogP contribution is 2.56. The van der Waals surface area contributed by atoms with Crippen LogP contribution in [-0.4, -0.2) is 13.7 Å². The van der Waals surface area contributed by atoms with Crippen LogP contribution >= 0.6 is 0 Å². The van der Waals surface area contributed by atoms with Crippen molar-refractivity contribution in [3.63, 3.8) is 0 Å². The maximum absolute atomic E-state index is 13.9. The fourth-order valence-electron chi connectivity index (χ4n) is 23.1. The zero-order valence-corrected chi connectivity index (χ0v) is 80.9. The SMILES string of the molecule is CC1(C)c2ccccc2-c2ccc(N(c3ccc(-c4ccccc4)cc3)c3ccc4c(c3)c3ccccc3n4-c3ccc(F)cc3)cc21.CC1(C)c2ccccc2-c2ccc(N(c3cccc(-c4ccccc4)c3)c3ccc4c(c3)c3ccccc3n4-c3ccccc3)cc21.[C-]#[N+]c1ccc(-n2c3ccccc3c3cc(N(c4ccc(-c5ccccc5)cc4)c4ccc5c(c4)C(C)(C)c4ccccc4-5)ccc32)cc1. The summed E-state index contributed by atoms with van der Waals surface area (Å²) in [7, 11) is 0. The maximum atomic E-state index is 13.9. The molecule has 3 heterocycles. The van der Waals surface area contributed by atoms with Crippen LogP contribution in [0, 0.1) is 12.4 Å². The summed E-state index contributed by atoms with van der Waals surface area (Å²) in [5.41, 5.74) is 43.6. The smallest absolute Gasteiger partial charge is 0.187 e. The van der Waals surface area contributed by atoms with Crippen LogP contribution in [0.15, 0.2) is 497 Å². The normalized spacial score (nSPS) is 13.0. The first-order chi connectivity index (χ1) is 70.6. The fourth-order valence-corrected chi connectivity index (χ4v) is 23.1. The topological polar surface area (TPSA) is 28.9 Å². The molecular weight excluding hydrogens is 1750 g/mol. The van der Waals surface area contributed by atoms with Gasteiger partial charge in [-0.3, -0.25) is 0 Å². The Bertz CT molecular complexity index is 9160. The first-order valence-corrected chi connectivity index (χ1v) is 49.6. The summed E-state index contributed by atoms with van der Waals surface area (Å²) < 4.78 is 20.8. The van der Waals surface area contributed by atoms with Gasteiger partial charge in [-0.1, -0.05) is 345 Å². The largest absolute Gasteiger partial charge is 0.310 e. The second kappa shape index (κ2) is 35.3. The van der Waals surface area contributed by atoms with Crippen molar-refractivity contribution in [3.8, 4) is 83.8 Å². The van der Waals surface area contributed by atoms with E-state index in [9.17, 15) is 4.39 Å². The average Bonchev–Trinajstić information content (AvgIpc) is 1.56. The number of halogens is 1. The van der Waals surface area contributed by atoms with Crippen molar-refractivity contribution < 1.29 is 4.39 Å². The molecule has 0 fully saturated rings. The Kier molecular flexibility index (Phi) is 21.4.